The molecule has 28 heavy (non-hydrogen) atoms. The summed E-state index contributed by atoms with van der Waals surface area (Å²) in [6.07, 6.45) is 0. The second-order valence-corrected chi connectivity index (χ2v) is 7.96. The van der Waals surface area contributed by atoms with E-state index in [0.29, 0.717) is 32.9 Å². The number of benzene rings is 2. The number of morpholine rings is 1. The van der Waals surface area contributed by atoms with Gasteiger partial charge in [0.2, 0.25) is 0 Å². The summed E-state index contributed by atoms with van der Waals surface area (Å²) in [7, 11) is 0. The van der Waals surface area contributed by atoms with Gasteiger partial charge < -0.3 is 14.4 Å². The van der Waals surface area contributed by atoms with E-state index in [1.54, 1.807) is 12.1 Å². The molecule has 3 rings (SSSR count). The summed E-state index contributed by atoms with van der Waals surface area (Å²) in [4.78, 5) is 25.3. The Morgan fingerprint density at radius 3 is 2.21 bits per heavy atom. The molecule has 146 valence electrons. The fraction of sp³-hybridized carbons (Fsp3) is 0.222. The van der Waals surface area contributed by atoms with Crippen molar-refractivity contribution < 1.29 is 19.2 Å². The summed E-state index contributed by atoms with van der Waals surface area (Å²) < 4.78 is 11.9. The van der Waals surface area contributed by atoms with Gasteiger partial charge in [-0.15, -0.1) is 0 Å². The number of nitro benzene ring substituents is 1. The number of nitro groups is 1. The van der Waals surface area contributed by atoms with Gasteiger partial charge in [-0.25, -0.2) is 4.79 Å². The van der Waals surface area contributed by atoms with E-state index < -0.39 is 10.9 Å². The second kappa shape index (κ2) is 9.08. The van der Waals surface area contributed by atoms with Crippen molar-refractivity contribution in [1.29, 1.82) is 0 Å². The third-order valence-corrected chi connectivity index (χ3v) is 5.72. The highest BCUT2D eigenvalue weighted by Gasteiger charge is 2.20. The fourth-order valence-corrected chi connectivity index (χ4v) is 4.25. The summed E-state index contributed by atoms with van der Waals surface area (Å²) >= 11 is 12.4. The number of hydrogen-bond donors (Lipinski definition) is 0. The molecule has 0 saturated carbocycles. The number of rotatable bonds is 4. The Labute approximate surface area is 183 Å². The summed E-state index contributed by atoms with van der Waals surface area (Å²) in [5.41, 5.74) is 0.919. The zero-order chi connectivity index (χ0) is 20.3. The summed E-state index contributed by atoms with van der Waals surface area (Å²) in [5, 5.41) is 10.7. The molecular formula is C18H14Br2N2O5S. The minimum Gasteiger partial charge on any atom is -0.421 e. The number of thiocarbonyl (C=S) groups is 1. The van der Waals surface area contributed by atoms with Crippen molar-refractivity contribution in [3.8, 4) is 5.75 Å². The summed E-state index contributed by atoms with van der Waals surface area (Å²) in [5.74, 6) is -0.323. The monoisotopic (exact) mass is 528 g/mol. The molecule has 0 unspecified atom stereocenters. The molecule has 0 amide bonds. The van der Waals surface area contributed by atoms with Crippen LogP contribution in [0.5, 0.6) is 5.75 Å². The van der Waals surface area contributed by atoms with Gasteiger partial charge >= 0.3 is 5.97 Å². The Morgan fingerprint density at radius 1 is 1.11 bits per heavy atom. The molecule has 1 saturated heterocycles. The van der Waals surface area contributed by atoms with Crippen LogP contribution in [-0.4, -0.2) is 47.1 Å². The molecule has 1 aliphatic heterocycles. The first kappa shape index (κ1) is 20.8. The first-order valence-electron chi connectivity index (χ1n) is 8.19. The molecule has 0 radical (unpaired) electrons. The van der Waals surface area contributed by atoms with E-state index in [0.717, 1.165) is 18.7 Å². The predicted molar refractivity (Wildman–Crippen MR) is 114 cm³/mol. The number of carbonyl (C=O) groups excluding carboxylic acids is 1. The average Bonchev–Trinajstić information content (AvgIpc) is 2.70. The van der Waals surface area contributed by atoms with Crippen molar-refractivity contribution in [3.63, 3.8) is 0 Å². The minimum atomic E-state index is -0.625. The van der Waals surface area contributed by atoms with Crippen LogP contribution in [-0.2, 0) is 4.74 Å². The standard InChI is InChI=1S/C18H14Br2N2O5S/c19-14-9-12(17(28)21-5-7-26-8-6-21)10-15(20)16(14)27-18(23)11-1-3-13(4-2-11)22(24)25/h1-4,9-10H,5-8H2. The molecule has 2 aromatic carbocycles. The number of hydrogen-bond acceptors (Lipinski definition) is 6. The van der Waals surface area contributed by atoms with E-state index in [-0.39, 0.29) is 11.3 Å². The van der Waals surface area contributed by atoms with Crippen LogP contribution in [0.15, 0.2) is 45.3 Å². The Hall–Kier alpha value is -1.88. The number of halogens is 2. The number of carbonyl (C=O) groups is 1. The Kier molecular flexibility index (Phi) is 6.76. The van der Waals surface area contributed by atoms with Gasteiger partial charge in [-0.2, -0.15) is 0 Å². The van der Waals surface area contributed by atoms with Gasteiger partial charge in [-0.3, -0.25) is 10.1 Å². The third-order valence-electron chi connectivity index (χ3n) is 4.05. The van der Waals surface area contributed by atoms with Gasteiger partial charge in [0.15, 0.2) is 5.75 Å². The van der Waals surface area contributed by atoms with Crippen LogP contribution in [0.25, 0.3) is 0 Å². The number of non-ortho nitro benzene ring substituents is 1. The summed E-state index contributed by atoms with van der Waals surface area (Å²) in [6.45, 7) is 2.72. The molecule has 2 aromatic rings. The average molecular weight is 530 g/mol. The summed E-state index contributed by atoms with van der Waals surface area (Å²) in [6, 6.07) is 8.80. The molecule has 7 nitrogen and oxygen atoms in total. The molecule has 1 fully saturated rings. The molecule has 0 bridgehead atoms. The molecule has 10 heteroatoms. The van der Waals surface area contributed by atoms with Crippen molar-refractivity contribution in [3.05, 3.63) is 66.6 Å². The Morgan fingerprint density at radius 2 is 1.68 bits per heavy atom. The number of ether oxygens (including phenoxy) is 2. The van der Waals surface area contributed by atoms with Crippen molar-refractivity contribution in [2.75, 3.05) is 26.3 Å². The van der Waals surface area contributed by atoms with Gasteiger partial charge in [0.1, 0.15) is 4.99 Å². The predicted octanol–water partition coefficient (Wildman–Crippen LogP) is 4.35. The van der Waals surface area contributed by atoms with Gasteiger partial charge in [-0.1, -0.05) is 12.2 Å². The lowest BCUT2D eigenvalue weighted by Crippen LogP contribution is -2.40. The molecule has 1 aliphatic rings. The Balaban J connectivity index is 1.78. The zero-order valence-electron chi connectivity index (χ0n) is 14.4. The van der Waals surface area contributed by atoms with E-state index >= 15 is 0 Å². The van der Waals surface area contributed by atoms with E-state index in [2.05, 4.69) is 36.8 Å². The lowest BCUT2D eigenvalue weighted by Gasteiger charge is -2.29. The van der Waals surface area contributed by atoms with Crippen molar-refractivity contribution in [2.24, 2.45) is 0 Å². The fourth-order valence-electron chi connectivity index (χ4n) is 2.60. The second-order valence-electron chi connectivity index (χ2n) is 5.87. The maximum absolute atomic E-state index is 12.4. The minimum absolute atomic E-state index is 0.0973. The van der Waals surface area contributed by atoms with E-state index in [4.69, 9.17) is 21.7 Å². The molecular weight excluding hydrogens is 516 g/mol. The van der Waals surface area contributed by atoms with Gasteiger partial charge in [0.05, 0.1) is 32.6 Å². The first-order chi connectivity index (χ1) is 13.4. The molecule has 0 aliphatic carbocycles. The van der Waals surface area contributed by atoms with Gasteiger partial charge in [0.25, 0.3) is 5.69 Å². The lowest BCUT2D eigenvalue weighted by atomic mass is 10.2. The number of nitrogens with zero attached hydrogens (tertiary/aromatic N) is 2. The van der Waals surface area contributed by atoms with E-state index in [1.807, 2.05) is 0 Å². The van der Waals surface area contributed by atoms with Gasteiger partial charge in [0, 0.05) is 30.8 Å². The largest absolute Gasteiger partial charge is 0.421 e. The van der Waals surface area contributed by atoms with Crippen molar-refractivity contribution >= 4 is 60.7 Å². The SMILES string of the molecule is O=C(Oc1c(Br)cc(C(=S)N2CCOCC2)cc1Br)c1ccc([N+](=O)[O-])cc1. The highest BCUT2D eigenvalue weighted by Crippen LogP contribution is 2.36. The highest BCUT2D eigenvalue weighted by atomic mass is 79.9. The molecule has 1 heterocycles. The normalized spacial score (nSPS) is 13.9. The van der Waals surface area contributed by atoms with Crippen LogP contribution in [0.2, 0.25) is 0 Å². The third kappa shape index (κ3) is 4.75. The maximum atomic E-state index is 12.4. The van der Waals surface area contributed by atoms with E-state index in [1.165, 1.54) is 24.3 Å². The van der Waals surface area contributed by atoms with E-state index in [9.17, 15) is 14.9 Å². The quantitative estimate of drug-likeness (QED) is 0.191. The Bertz CT molecular complexity index is 907. The van der Waals surface area contributed by atoms with Crippen LogP contribution >= 0.6 is 44.1 Å². The zero-order valence-corrected chi connectivity index (χ0v) is 18.4. The maximum Gasteiger partial charge on any atom is 0.343 e. The van der Waals surface area contributed by atoms with Gasteiger partial charge in [-0.05, 0) is 56.1 Å². The molecule has 0 atom stereocenters. The first-order valence-corrected chi connectivity index (χ1v) is 10.2. The topological polar surface area (TPSA) is 81.9 Å². The van der Waals surface area contributed by atoms with Crippen LogP contribution in [0.1, 0.15) is 15.9 Å². The molecule has 0 N–H and O–H groups in total. The number of esters is 1. The molecule has 0 spiro atoms. The lowest BCUT2D eigenvalue weighted by molar-refractivity contribution is -0.384. The smallest absolute Gasteiger partial charge is 0.343 e. The van der Waals surface area contributed by atoms with Crippen LogP contribution in [0.3, 0.4) is 0 Å². The van der Waals surface area contributed by atoms with Crippen LogP contribution in [0.4, 0.5) is 5.69 Å². The van der Waals surface area contributed by atoms with Crippen molar-refractivity contribution in [1.82, 2.24) is 4.90 Å². The van der Waals surface area contributed by atoms with Crippen LogP contribution < -0.4 is 4.74 Å². The van der Waals surface area contributed by atoms with Crippen LogP contribution in [0, 0.1) is 10.1 Å². The highest BCUT2D eigenvalue weighted by molar-refractivity contribution is 9.11. The molecule has 0 aromatic heterocycles. The van der Waals surface area contributed by atoms with Crippen molar-refractivity contribution in [2.45, 2.75) is 0 Å².